The van der Waals surface area contributed by atoms with Crippen LogP contribution in [-0.4, -0.2) is 0 Å². The molecular formula is C19H38. The van der Waals surface area contributed by atoms with Crippen molar-refractivity contribution >= 4 is 0 Å². The summed E-state index contributed by atoms with van der Waals surface area (Å²) in [6.07, 6.45) is 16.3. The van der Waals surface area contributed by atoms with Crippen molar-refractivity contribution in [2.24, 2.45) is 23.7 Å². The van der Waals surface area contributed by atoms with E-state index < -0.39 is 0 Å². The smallest absolute Gasteiger partial charge is 0.0228 e. The molecule has 1 unspecified atom stereocenters. The van der Waals surface area contributed by atoms with Crippen molar-refractivity contribution in [3.8, 4) is 0 Å². The molecule has 114 valence electrons. The molecule has 1 fully saturated rings. The summed E-state index contributed by atoms with van der Waals surface area (Å²) in [4.78, 5) is 0. The second kappa shape index (κ2) is 10.5. The van der Waals surface area contributed by atoms with E-state index in [-0.39, 0.29) is 7.43 Å². The zero-order valence-electron chi connectivity index (χ0n) is 13.1. The summed E-state index contributed by atoms with van der Waals surface area (Å²) >= 11 is 0. The van der Waals surface area contributed by atoms with Crippen molar-refractivity contribution in [1.82, 2.24) is 0 Å². The van der Waals surface area contributed by atoms with Gasteiger partial charge in [0.15, 0.2) is 0 Å². The fraction of sp³-hybridized carbons (Fsp3) is 0.895. The van der Waals surface area contributed by atoms with Crippen molar-refractivity contribution in [2.45, 2.75) is 86.5 Å². The van der Waals surface area contributed by atoms with Crippen LogP contribution in [0.15, 0.2) is 12.2 Å². The van der Waals surface area contributed by atoms with Gasteiger partial charge in [0.25, 0.3) is 0 Å². The Morgan fingerprint density at radius 3 is 2.00 bits per heavy atom. The summed E-state index contributed by atoms with van der Waals surface area (Å²) in [6, 6.07) is 0. The minimum absolute atomic E-state index is 0. The highest BCUT2D eigenvalue weighted by atomic mass is 14.3. The summed E-state index contributed by atoms with van der Waals surface area (Å²) in [5.74, 6) is 3.60. The minimum Gasteiger partial charge on any atom is -0.0851 e. The highest BCUT2D eigenvalue weighted by Gasteiger charge is 2.23. The van der Waals surface area contributed by atoms with E-state index in [2.05, 4.69) is 39.8 Å². The first-order chi connectivity index (χ1) is 8.67. The Morgan fingerprint density at radius 1 is 1.05 bits per heavy atom. The molecule has 1 rings (SSSR count). The molecular weight excluding hydrogens is 228 g/mol. The van der Waals surface area contributed by atoms with E-state index in [1.807, 2.05) is 0 Å². The molecule has 0 spiro atoms. The first-order valence-electron chi connectivity index (χ1n) is 8.35. The van der Waals surface area contributed by atoms with Crippen LogP contribution < -0.4 is 0 Å². The Bertz CT molecular complexity index is 214. The average Bonchev–Trinajstić information content (AvgIpc) is 2.33. The van der Waals surface area contributed by atoms with Gasteiger partial charge in [-0.05, 0) is 49.4 Å². The van der Waals surface area contributed by atoms with Crippen LogP contribution in [0.5, 0.6) is 0 Å². The first kappa shape index (κ1) is 18.7. The van der Waals surface area contributed by atoms with Crippen LogP contribution in [-0.2, 0) is 0 Å². The third kappa shape index (κ3) is 7.18. The zero-order valence-corrected chi connectivity index (χ0v) is 13.1. The topological polar surface area (TPSA) is 0 Å². The van der Waals surface area contributed by atoms with Crippen molar-refractivity contribution < 1.29 is 0 Å². The molecule has 19 heavy (non-hydrogen) atoms. The number of rotatable bonds is 9. The van der Waals surface area contributed by atoms with E-state index in [1.54, 1.807) is 0 Å². The summed E-state index contributed by atoms with van der Waals surface area (Å²) in [5, 5.41) is 0. The predicted molar refractivity (Wildman–Crippen MR) is 89.5 cm³/mol. The van der Waals surface area contributed by atoms with Crippen molar-refractivity contribution in [2.75, 3.05) is 0 Å². The Labute approximate surface area is 123 Å². The van der Waals surface area contributed by atoms with Gasteiger partial charge in [0.1, 0.15) is 0 Å². The van der Waals surface area contributed by atoms with E-state index in [0.717, 1.165) is 23.7 Å². The van der Waals surface area contributed by atoms with Gasteiger partial charge >= 0.3 is 0 Å². The lowest BCUT2D eigenvalue weighted by atomic mass is 9.75. The fourth-order valence-corrected chi connectivity index (χ4v) is 3.21. The van der Waals surface area contributed by atoms with E-state index in [1.165, 1.54) is 51.4 Å². The van der Waals surface area contributed by atoms with Crippen LogP contribution in [0.25, 0.3) is 0 Å². The molecule has 1 atom stereocenters. The quantitative estimate of drug-likeness (QED) is 0.400. The normalized spacial score (nSPS) is 24.3. The SMILES string of the molecule is C.CCCCC(CCCC)C(C)C=CC1CC(C)C1. The summed E-state index contributed by atoms with van der Waals surface area (Å²) in [7, 11) is 0. The lowest BCUT2D eigenvalue weighted by molar-refractivity contribution is 0.260. The molecule has 1 saturated carbocycles. The number of allylic oxidation sites excluding steroid dienone is 2. The molecule has 0 radical (unpaired) electrons. The van der Waals surface area contributed by atoms with Crippen molar-refractivity contribution in [1.29, 1.82) is 0 Å². The minimum atomic E-state index is 0. The highest BCUT2D eigenvalue weighted by Crippen LogP contribution is 2.35. The second-order valence-electron chi connectivity index (χ2n) is 6.63. The second-order valence-corrected chi connectivity index (χ2v) is 6.63. The molecule has 0 saturated heterocycles. The summed E-state index contributed by atoms with van der Waals surface area (Å²) in [6.45, 7) is 9.44. The van der Waals surface area contributed by atoms with E-state index in [4.69, 9.17) is 0 Å². The molecule has 0 heterocycles. The molecule has 0 heteroatoms. The monoisotopic (exact) mass is 266 g/mol. The Kier molecular flexibility index (Phi) is 10.4. The standard InChI is InChI=1S/C18H34.CH4/c1-5-7-9-18(10-8-6-2)16(4)11-12-17-13-15(3)14-17;/h11-12,15-18H,5-10,13-14H2,1-4H3;1H4. The number of hydrogen-bond acceptors (Lipinski definition) is 0. The molecule has 0 bridgehead atoms. The van der Waals surface area contributed by atoms with Crippen molar-refractivity contribution in [3.05, 3.63) is 12.2 Å². The summed E-state index contributed by atoms with van der Waals surface area (Å²) in [5.41, 5.74) is 0. The molecule has 1 aliphatic carbocycles. The van der Waals surface area contributed by atoms with E-state index >= 15 is 0 Å². The van der Waals surface area contributed by atoms with Crippen LogP contribution in [0, 0.1) is 23.7 Å². The summed E-state index contributed by atoms with van der Waals surface area (Å²) < 4.78 is 0. The maximum Gasteiger partial charge on any atom is -0.0228 e. The third-order valence-corrected chi connectivity index (χ3v) is 4.70. The maximum absolute atomic E-state index is 2.53. The number of hydrogen-bond donors (Lipinski definition) is 0. The lowest BCUT2D eigenvalue weighted by Gasteiger charge is -2.31. The van der Waals surface area contributed by atoms with Gasteiger partial charge in [-0.3, -0.25) is 0 Å². The maximum atomic E-state index is 2.53. The van der Waals surface area contributed by atoms with Gasteiger partial charge in [0.05, 0.1) is 0 Å². The van der Waals surface area contributed by atoms with Gasteiger partial charge < -0.3 is 0 Å². The van der Waals surface area contributed by atoms with E-state index in [0.29, 0.717) is 0 Å². The van der Waals surface area contributed by atoms with Gasteiger partial charge in [-0.1, -0.05) is 73.0 Å². The van der Waals surface area contributed by atoms with Gasteiger partial charge in [-0.15, -0.1) is 0 Å². The fourth-order valence-electron chi connectivity index (χ4n) is 3.21. The van der Waals surface area contributed by atoms with Crippen LogP contribution in [0.1, 0.15) is 86.5 Å². The number of unbranched alkanes of at least 4 members (excludes halogenated alkanes) is 2. The molecule has 1 aliphatic rings. The Hall–Kier alpha value is -0.260. The Morgan fingerprint density at radius 2 is 1.58 bits per heavy atom. The largest absolute Gasteiger partial charge is 0.0851 e. The third-order valence-electron chi connectivity index (χ3n) is 4.70. The predicted octanol–water partition coefficient (Wildman–Crippen LogP) is 6.86. The molecule has 0 amide bonds. The molecule has 0 nitrogen and oxygen atoms in total. The molecule has 0 aromatic rings. The van der Waals surface area contributed by atoms with Gasteiger partial charge in [-0.2, -0.15) is 0 Å². The molecule has 0 aromatic heterocycles. The molecule has 0 aromatic carbocycles. The van der Waals surface area contributed by atoms with Crippen LogP contribution in [0.4, 0.5) is 0 Å². The Balaban J connectivity index is 0.00000324. The highest BCUT2D eigenvalue weighted by molar-refractivity contribution is 4.98. The van der Waals surface area contributed by atoms with Crippen LogP contribution >= 0.6 is 0 Å². The average molecular weight is 267 g/mol. The van der Waals surface area contributed by atoms with Crippen molar-refractivity contribution in [3.63, 3.8) is 0 Å². The van der Waals surface area contributed by atoms with Gasteiger partial charge in [0, 0.05) is 0 Å². The van der Waals surface area contributed by atoms with Crippen LogP contribution in [0.2, 0.25) is 0 Å². The zero-order chi connectivity index (χ0) is 13.4. The van der Waals surface area contributed by atoms with Crippen LogP contribution in [0.3, 0.4) is 0 Å². The van der Waals surface area contributed by atoms with Gasteiger partial charge in [0.2, 0.25) is 0 Å². The lowest BCUT2D eigenvalue weighted by Crippen LogP contribution is -2.19. The molecule has 0 aliphatic heterocycles. The van der Waals surface area contributed by atoms with E-state index in [9.17, 15) is 0 Å². The van der Waals surface area contributed by atoms with Gasteiger partial charge in [-0.25, -0.2) is 0 Å². The first-order valence-corrected chi connectivity index (χ1v) is 8.35. The molecule has 0 N–H and O–H groups in total.